The first-order chi connectivity index (χ1) is 7.72. The number of carbonyl (C=O) groups is 1. The average Bonchev–Trinajstić information content (AvgIpc) is 2.81. The lowest BCUT2D eigenvalue weighted by Crippen LogP contribution is -2.15. The van der Waals surface area contributed by atoms with E-state index in [9.17, 15) is 4.79 Å². The molecule has 2 rings (SSSR count). The molecule has 0 fully saturated rings. The Morgan fingerprint density at radius 3 is 3.25 bits per heavy atom. The van der Waals surface area contributed by atoms with E-state index in [1.54, 1.807) is 6.33 Å². The van der Waals surface area contributed by atoms with Gasteiger partial charge in [0.2, 0.25) is 0 Å². The van der Waals surface area contributed by atoms with Crippen molar-refractivity contribution in [2.45, 2.75) is 26.3 Å². The van der Waals surface area contributed by atoms with Crippen LogP contribution in [0.2, 0.25) is 0 Å². The summed E-state index contributed by atoms with van der Waals surface area (Å²) in [7, 11) is 0. The molecule has 0 amide bonds. The minimum Gasteiger partial charge on any atom is -0.459 e. The van der Waals surface area contributed by atoms with Crippen molar-refractivity contribution in [1.82, 2.24) is 9.55 Å². The van der Waals surface area contributed by atoms with Gasteiger partial charge in [0.15, 0.2) is 0 Å². The van der Waals surface area contributed by atoms with E-state index in [2.05, 4.69) is 10.1 Å². The predicted octanol–water partition coefficient (Wildman–Crippen LogP) is 0.571. The molecule has 16 heavy (non-hydrogen) atoms. The lowest BCUT2D eigenvalue weighted by Gasteiger charge is -2.03. The maximum Gasteiger partial charge on any atom is 0.303 e. The van der Waals surface area contributed by atoms with Crippen LogP contribution in [-0.2, 0) is 22.5 Å². The molecule has 6 nitrogen and oxygen atoms in total. The Balaban J connectivity index is 2.18. The number of carbonyl (C=O) groups excluding carboxylic acids is 1. The molecular weight excluding hydrogens is 210 g/mol. The Morgan fingerprint density at radius 1 is 1.75 bits per heavy atom. The van der Waals surface area contributed by atoms with E-state index in [4.69, 9.17) is 9.94 Å². The van der Waals surface area contributed by atoms with Crippen molar-refractivity contribution in [2.75, 3.05) is 6.61 Å². The topological polar surface area (TPSA) is 76.7 Å². The van der Waals surface area contributed by atoms with Gasteiger partial charge in [-0.25, -0.2) is 4.98 Å². The number of esters is 1. The summed E-state index contributed by atoms with van der Waals surface area (Å²) in [5.41, 5.74) is 1.96. The summed E-state index contributed by atoms with van der Waals surface area (Å²) in [6.07, 6.45) is 3.70. The second-order valence-corrected chi connectivity index (χ2v) is 3.66. The highest BCUT2D eigenvalue weighted by Gasteiger charge is 2.20. The van der Waals surface area contributed by atoms with E-state index in [1.165, 1.54) is 6.92 Å². The third-order valence-electron chi connectivity index (χ3n) is 2.57. The Labute approximate surface area is 92.5 Å². The van der Waals surface area contributed by atoms with Crippen molar-refractivity contribution < 1.29 is 14.7 Å². The van der Waals surface area contributed by atoms with E-state index in [0.717, 1.165) is 25.1 Å². The summed E-state index contributed by atoms with van der Waals surface area (Å²) in [5.74, 6) is -0.406. The van der Waals surface area contributed by atoms with Crippen LogP contribution in [0.25, 0.3) is 0 Å². The molecule has 1 aliphatic heterocycles. The highest BCUT2D eigenvalue weighted by atomic mass is 16.5. The summed E-state index contributed by atoms with van der Waals surface area (Å²) in [6, 6.07) is 0. The highest BCUT2D eigenvalue weighted by Crippen LogP contribution is 2.18. The number of hydrogen-bond donors (Lipinski definition) is 1. The van der Waals surface area contributed by atoms with Gasteiger partial charge in [-0.15, -0.1) is 0 Å². The second kappa shape index (κ2) is 4.34. The fraction of sp³-hybridized carbons (Fsp3) is 0.500. The van der Waals surface area contributed by atoms with Crippen LogP contribution in [0.3, 0.4) is 0 Å². The van der Waals surface area contributed by atoms with Crippen LogP contribution in [0.1, 0.15) is 24.7 Å². The first kappa shape index (κ1) is 10.7. The Morgan fingerprint density at radius 2 is 2.56 bits per heavy atom. The number of imidazole rings is 1. The van der Waals surface area contributed by atoms with Gasteiger partial charge in [0.25, 0.3) is 0 Å². The first-order valence-corrected chi connectivity index (χ1v) is 5.11. The van der Waals surface area contributed by atoms with Crippen molar-refractivity contribution in [2.24, 2.45) is 5.16 Å². The minimum atomic E-state index is -0.406. The molecule has 1 N–H and O–H groups in total. The normalized spacial score (nSPS) is 14.9. The molecule has 0 atom stereocenters. The maximum atomic E-state index is 10.7. The molecule has 6 heteroatoms. The number of ether oxygens (including phenoxy) is 1. The van der Waals surface area contributed by atoms with Crippen molar-refractivity contribution in [3.8, 4) is 0 Å². The van der Waals surface area contributed by atoms with Gasteiger partial charge in [-0.2, -0.15) is 0 Å². The van der Waals surface area contributed by atoms with Crippen LogP contribution < -0.4 is 0 Å². The van der Waals surface area contributed by atoms with Gasteiger partial charge in [0, 0.05) is 19.2 Å². The van der Waals surface area contributed by atoms with E-state index in [0.29, 0.717) is 11.4 Å². The summed E-state index contributed by atoms with van der Waals surface area (Å²) < 4.78 is 6.82. The zero-order valence-corrected chi connectivity index (χ0v) is 9.01. The molecule has 0 spiro atoms. The van der Waals surface area contributed by atoms with Crippen molar-refractivity contribution in [3.05, 3.63) is 17.7 Å². The molecule has 0 saturated carbocycles. The minimum absolute atomic E-state index is 0.0458. The van der Waals surface area contributed by atoms with E-state index in [-0.39, 0.29) is 6.61 Å². The number of aromatic nitrogens is 2. The standard InChI is InChI=1S/C10H13N3O3/c1-7(14)16-5-8(12-15)10-9-3-2-4-13(9)6-11-10/h6,15H,2-5H2,1H3. The summed E-state index contributed by atoms with van der Waals surface area (Å²) >= 11 is 0. The zero-order valence-electron chi connectivity index (χ0n) is 9.01. The number of aryl methyl sites for hydroxylation is 1. The molecular formula is C10H13N3O3. The van der Waals surface area contributed by atoms with Crippen LogP contribution in [0, 0.1) is 0 Å². The fourth-order valence-electron chi connectivity index (χ4n) is 1.83. The molecule has 1 aliphatic rings. The van der Waals surface area contributed by atoms with Gasteiger partial charge in [-0.1, -0.05) is 5.16 Å². The van der Waals surface area contributed by atoms with E-state index >= 15 is 0 Å². The molecule has 0 aliphatic carbocycles. The molecule has 2 heterocycles. The zero-order chi connectivity index (χ0) is 11.5. The van der Waals surface area contributed by atoms with Crippen molar-refractivity contribution in [3.63, 3.8) is 0 Å². The predicted molar refractivity (Wildman–Crippen MR) is 55.5 cm³/mol. The fourth-order valence-corrected chi connectivity index (χ4v) is 1.83. The van der Waals surface area contributed by atoms with Gasteiger partial charge in [0.05, 0.1) is 6.33 Å². The lowest BCUT2D eigenvalue weighted by molar-refractivity contribution is -0.139. The molecule has 1 aromatic heterocycles. The molecule has 0 bridgehead atoms. The van der Waals surface area contributed by atoms with Crippen LogP contribution in [0.5, 0.6) is 0 Å². The molecule has 0 unspecified atom stereocenters. The Kier molecular flexibility index (Phi) is 2.89. The monoisotopic (exact) mass is 223 g/mol. The lowest BCUT2D eigenvalue weighted by atomic mass is 10.2. The quantitative estimate of drug-likeness (QED) is 0.352. The van der Waals surface area contributed by atoms with Gasteiger partial charge in [-0.3, -0.25) is 4.79 Å². The van der Waals surface area contributed by atoms with Gasteiger partial charge in [-0.05, 0) is 12.8 Å². The van der Waals surface area contributed by atoms with E-state index in [1.807, 2.05) is 4.57 Å². The van der Waals surface area contributed by atoms with Crippen LogP contribution >= 0.6 is 0 Å². The number of oxime groups is 1. The average molecular weight is 223 g/mol. The molecule has 0 saturated heterocycles. The Hall–Kier alpha value is -1.85. The number of hydrogen-bond acceptors (Lipinski definition) is 5. The summed E-state index contributed by atoms with van der Waals surface area (Å²) in [5, 5.41) is 12.0. The maximum absolute atomic E-state index is 10.7. The smallest absolute Gasteiger partial charge is 0.303 e. The van der Waals surface area contributed by atoms with Crippen molar-refractivity contribution in [1.29, 1.82) is 0 Å². The largest absolute Gasteiger partial charge is 0.459 e. The van der Waals surface area contributed by atoms with E-state index < -0.39 is 5.97 Å². The third kappa shape index (κ3) is 1.91. The van der Waals surface area contributed by atoms with Gasteiger partial charge in [0.1, 0.15) is 18.0 Å². The van der Waals surface area contributed by atoms with Crippen LogP contribution in [0.4, 0.5) is 0 Å². The first-order valence-electron chi connectivity index (χ1n) is 5.11. The number of nitrogens with zero attached hydrogens (tertiary/aromatic N) is 3. The highest BCUT2D eigenvalue weighted by molar-refractivity contribution is 6.01. The number of rotatable bonds is 3. The van der Waals surface area contributed by atoms with Gasteiger partial charge >= 0.3 is 5.97 Å². The molecule has 1 aromatic rings. The van der Waals surface area contributed by atoms with Crippen LogP contribution in [0.15, 0.2) is 11.5 Å². The number of fused-ring (bicyclic) bond motifs is 1. The Bertz CT molecular complexity index is 437. The third-order valence-corrected chi connectivity index (χ3v) is 2.57. The second-order valence-electron chi connectivity index (χ2n) is 3.66. The van der Waals surface area contributed by atoms with Gasteiger partial charge < -0.3 is 14.5 Å². The molecule has 86 valence electrons. The summed E-state index contributed by atoms with van der Waals surface area (Å²) in [4.78, 5) is 14.9. The molecule has 0 radical (unpaired) electrons. The SMILES string of the molecule is CC(=O)OCC(=NO)c1ncn2c1CCC2. The van der Waals surface area contributed by atoms with Crippen molar-refractivity contribution >= 4 is 11.7 Å². The molecule has 0 aromatic carbocycles. The summed E-state index contributed by atoms with van der Waals surface area (Å²) in [6.45, 7) is 2.21. The van der Waals surface area contributed by atoms with Crippen LogP contribution in [-0.4, -0.2) is 33.0 Å².